The first-order chi connectivity index (χ1) is 13.7. The van der Waals surface area contributed by atoms with Crippen LogP contribution in [0.25, 0.3) is 43.8 Å². The number of hydrogen-bond acceptors (Lipinski definition) is 0. The lowest BCUT2D eigenvalue weighted by Gasteiger charge is -2.17. The predicted molar refractivity (Wildman–Crippen MR) is 122 cm³/mol. The molecular weight excluding hydrogens is 336 g/mol. The minimum atomic E-state index is 1.26. The third-order valence-corrected chi connectivity index (χ3v) is 5.87. The molecule has 0 heterocycles. The van der Waals surface area contributed by atoms with Gasteiger partial charge in [-0.2, -0.15) is 0 Å². The highest BCUT2D eigenvalue weighted by Gasteiger charge is 2.14. The van der Waals surface area contributed by atoms with Crippen molar-refractivity contribution < 1.29 is 0 Å². The fraction of sp³-hybridized carbons (Fsp3) is 0.0714. The third-order valence-electron chi connectivity index (χ3n) is 5.87. The van der Waals surface area contributed by atoms with Gasteiger partial charge in [0.2, 0.25) is 0 Å². The summed E-state index contributed by atoms with van der Waals surface area (Å²) in [5.41, 5.74) is 7.80. The Bertz CT molecular complexity index is 1190. The summed E-state index contributed by atoms with van der Waals surface area (Å²) >= 11 is 0. The van der Waals surface area contributed by atoms with Gasteiger partial charge in [-0.05, 0) is 80.9 Å². The van der Waals surface area contributed by atoms with Crippen LogP contribution in [0, 0.1) is 13.8 Å². The van der Waals surface area contributed by atoms with Crippen LogP contribution in [0.4, 0.5) is 0 Å². The third kappa shape index (κ3) is 2.61. The zero-order valence-electron chi connectivity index (χ0n) is 16.2. The van der Waals surface area contributed by atoms with Crippen LogP contribution in [-0.4, -0.2) is 0 Å². The largest absolute Gasteiger partial charge is 0.0622 e. The highest BCUT2D eigenvalue weighted by atomic mass is 14.2. The second-order valence-corrected chi connectivity index (χ2v) is 7.47. The van der Waals surface area contributed by atoms with Gasteiger partial charge in [0.15, 0.2) is 0 Å². The zero-order chi connectivity index (χ0) is 19.1. The SMILES string of the molecule is Cc1c2ccccc2c(C)c2cc(-c3ccccc3)c(-c3ccccc3)cc12. The van der Waals surface area contributed by atoms with E-state index in [9.17, 15) is 0 Å². The van der Waals surface area contributed by atoms with Crippen LogP contribution in [0.3, 0.4) is 0 Å². The van der Waals surface area contributed by atoms with Gasteiger partial charge in [-0.1, -0.05) is 84.9 Å². The Morgan fingerprint density at radius 1 is 0.393 bits per heavy atom. The smallest absolute Gasteiger partial charge is 0.00989 e. The van der Waals surface area contributed by atoms with Crippen LogP contribution in [0.15, 0.2) is 97.1 Å². The molecule has 5 aromatic carbocycles. The molecular formula is C28H22. The first-order valence-electron chi connectivity index (χ1n) is 9.80. The maximum absolute atomic E-state index is 2.39. The molecule has 0 saturated heterocycles. The number of benzene rings is 5. The molecule has 0 aliphatic heterocycles. The molecule has 0 atom stereocenters. The van der Waals surface area contributed by atoms with Crippen LogP contribution < -0.4 is 0 Å². The lowest BCUT2D eigenvalue weighted by molar-refractivity contribution is 1.51. The van der Waals surface area contributed by atoms with E-state index in [-0.39, 0.29) is 0 Å². The van der Waals surface area contributed by atoms with Crippen molar-refractivity contribution in [2.45, 2.75) is 13.8 Å². The first-order valence-corrected chi connectivity index (χ1v) is 9.80. The summed E-state index contributed by atoms with van der Waals surface area (Å²) in [5, 5.41) is 5.38. The molecule has 134 valence electrons. The lowest BCUT2D eigenvalue weighted by atomic mass is 9.86. The van der Waals surface area contributed by atoms with E-state index in [2.05, 4.69) is 111 Å². The Hall–Kier alpha value is -3.38. The van der Waals surface area contributed by atoms with Crippen molar-refractivity contribution in [3.8, 4) is 22.3 Å². The van der Waals surface area contributed by atoms with E-state index in [0.717, 1.165) is 0 Å². The Balaban J connectivity index is 1.94. The van der Waals surface area contributed by atoms with Gasteiger partial charge in [0, 0.05) is 0 Å². The van der Waals surface area contributed by atoms with Gasteiger partial charge in [0.1, 0.15) is 0 Å². The van der Waals surface area contributed by atoms with Crippen LogP contribution >= 0.6 is 0 Å². The molecule has 0 aromatic heterocycles. The van der Waals surface area contributed by atoms with Gasteiger partial charge in [-0.25, -0.2) is 0 Å². The van der Waals surface area contributed by atoms with Gasteiger partial charge in [0.25, 0.3) is 0 Å². The molecule has 0 heteroatoms. The molecule has 0 fully saturated rings. The predicted octanol–water partition coefficient (Wildman–Crippen LogP) is 7.94. The van der Waals surface area contributed by atoms with Crippen LogP contribution in [0.1, 0.15) is 11.1 Å². The van der Waals surface area contributed by atoms with Gasteiger partial charge in [-0.15, -0.1) is 0 Å². The molecule has 0 spiro atoms. The molecule has 0 saturated carbocycles. The molecule has 0 nitrogen and oxygen atoms in total. The highest BCUT2D eigenvalue weighted by molar-refractivity contribution is 6.08. The molecule has 0 bridgehead atoms. The van der Waals surface area contributed by atoms with Crippen LogP contribution in [0.5, 0.6) is 0 Å². The molecule has 5 rings (SSSR count). The van der Waals surface area contributed by atoms with Gasteiger partial charge in [0.05, 0.1) is 0 Å². The van der Waals surface area contributed by atoms with Crippen LogP contribution in [0.2, 0.25) is 0 Å². The minimum absolute atomic E-state index is 1.26. The second kappa shape index (κ2) is 6.65. The van der Waals surface area contributed by atoms with Crippen molar-refractivity contribution in [2.75, 3.05) is 0 Å². The Kier molecular flexibility index (Phi) is 3.98. The van der Waals surface area contributed by atoms with E-state index in [4.69, 9.17) is 0 Å². The normalized spacial score (nSPS) is 11.2. The maximum atomic E-state index is 2.39. The van der Waals surface area contributed by atoms with Crippen molar-refractivity contribution in [1.82, 2.24) is 0 Å². The Morgan fingerprint density at radius 3 is 1.14 bits per heavy atom. The van der Waals surface area contributed by atoms with E-state index < -0.39 is 0 Å². The molecule has 0 aliphatic carbocycles. The summed E-state index contributed by atoms with van der Waals surface area (Å²) in [6, 6.07) is 35.0. The zero-order valence-corrected chi connectivity index (χ0v) is 16.2. The van der Waals surface area contributed by atoms with E-state index in [1.165, 1.54) is 54.9 Å². The summed E-state index contributed by atoms with van der Waals surface area (Å²) < 4.78 is 0. The quantitative estimate of drug-likeness (QED) is 0.281. The number of rotatable bonds is 2. The summed E-state index contributed by atoms with van der Waals surface area (Å²) in [6.07, 6.45) is 0. The summed E-state index contributed by atoms with van der Waals surface area (Å²) in [5.74, 6) is 0. The van der Waals surface area contributed by atoms with E-state index in [1.807, 2.05) is 0 Å². The van der Waals surface area contributed by atoms with E-state index >= 15 is 0 Å². The van der Waals surface area contributed by atoms with Crippen LogP contribution in [-0.2, 0) is 0 Å². The second-order valence-electron chi connectivity index (χ2n) is 7.47. The molecule has 0 aliphatic rings. The monoisotopic (exact) mass is 358 g/mol. The number of fused-ring (bicyclic) bond motifs is 2. The topological polar surface area (TPSA) is 0 Å². The highest BCUT2D eigenvalue weighted by Crippen LogP contribution is 2.40. The standard InChI is InChI=1S/C28H22/c1-19-23-15-9-10-16-24(23)20(2)26-18-28(22-13-7-4-8-14-22)27(17-25(19)26)21-11-5-3-6-12-21/h3-18H,1-2H3. The van der Waals surface area contributed by atoms with Crippen molar-refractivity contribution in [3.05, 3.63) is 108 Å². The Morgan fingerprint density at radius 2 is 0.750 bits per heavy atom. The molecule has 0 radical (unpaired) electrons. The first kappa shape index (κ1) is 16.8. The van der Waals surface area contributed by atoms with E-state index in [1.54, 1.807) is 0 Å². The van der Waals surface area contributed by atoms with E-state index in [0.29, 0.717) is 0 Å². The van der Waals surface area contributed by atoms with Gasteiger partial charge >= 0.3 is 0 Å². The molecule has 0 N–H and O–H groups in total. The molecule has 5 aromatic rings. The van der Waals surface area contributed by atoms with Crippen molar-refractivity contribution >= 4 is 21.5 Å². The average molecular weight is 358 g/mol. The van der Waals surface area contributed by atoms with Gasteiger partial charge < -0.3 is 0 Å². The van der Waals surface area contributed by atoms with Crippen molar-refractivity contribution in [2.24, 2.45) is 0 Å². The van der Waals surface area contributed by atoms with Crippen molar-refractivity contribution in [3.63, 3.8) is 0 Å². The fourth-order valence-electron chi connectivity index (χ4n) is 4.36. The van der Waals surface area contributed by atoms with Crippen molar-refractivity contribution in [1.29, 1.82) is 0 Å². The summed E-state index contributed by atoms with van der Waals surface area (Å²) in [6.45, 7) is 4.50. The average Bonchev–Trinajstić information content (AvgIpc) is 2.78. The summed E-state index contributed by atoms with van der Waals surface area (Å²) in [4.78, 5) is 0. The maximum Gasteiger partial charge on any atom is -0.00989 e. The number of hydrogen-bond donors (Lipinski definition) is 0. The summed E-state index contributed by atoms with van der Waals surface area (Å²) in [7, 11) is 0. The Labute approximate surface area is 166 Å². The lowest BCUT2D eigenvalue weighted by Crippen LogP contribution is -1.92. The molecule has 0 amide bonds. The minimum Gasteiger partial charge on any atom is -0.0622 e. The number of aryl methyl sites for hydroxylation is 2. The van der Waals surface area contributed by atoms with Gasteiger partial charge in [-0.3, -0.25) is 0 Å². The molecule has 28 heavy (non-hydrogen) atoms. The fourth-order valence-corrected chi connectivity index (χ4v) is 4.36. The molecule has 0 unspecified atom stereocenters.